The third kappa shape index (κ3) is 11.3. The van der Waals surface area contributed by atoms with Gasteiger partial charge in [0.05, 0.1) is 0 Å². The van der Waals surface area contributed by atoms with E-state index in [-0.39, 0.29) is 5.84 Å². The van der Waals surface area contributed by atoms with Crippen molar-refractivity contribution in [1.29, 1.82) is 0 Å². The fraction of sp³-hybridized carbons (Fsp3) is 0.741. The first-order valence-corrected chi connectivity index (χ1v) is 13.2. The molecule has 0 amide bonds. The van der Waals surface area contributed by atoms with Gasteiger partial charge in [-0.2, -0.15) is 0 Å². The number of hydrogen-bond acceptors (Lipinski definition) is 4. The second-order valence-corrected chi connectivity index (χ2v) is 9.53. The number of hydrogen-bond donors (Lipinski definition) is 3. The smallest absolute Gasteiger partial charge is 0.143 e. The van der Waals surface area contributed by atoms with Crippen molar-refractivity contribution in [3.8, 4) is 0 Å². The monoisotopic (exact) mass is 444 g/mol. The minimum absolute atomic E-state index is 0.258. The molecular formula is C27H48N4O. The molecule has 0 spiro atoms. The number of piperazine rings is 1. The van der Waals surface area contributed by atoms with Crippen LogP contribution < -0.4 is 11.1 Å². The van der Waals surface area contributed by atoms with E-state index in [1.54, 1.807) is 0 Å². The van der Waals surface area contributed by atoms with Crippen molar-refractivity contribution in [3.05, 3.63) is 35.4 Å². The molecule has 0 bridgehead atoms. The highest BCUT2D eigenvalue weighted by atomic mass is 16.4. The van der Waals surface area contributed by atoms with Crippen LogP contribution in [0.15, 0.2) is 29.4 Å². The van der Waals surface area contributed by atoms with Crippen LogP contribution in [0.2, 0.25) is 0 Å². The fourth-order valence-electron chi connectivity index (χ4n) is 4.85. The third-order valence-electron chi connectivity index (χ3n) is 6.85. The molecule has 0 aromatic heterocycles. The maximum absolute atomic E-state index is 8.71. The number of benzene rings is 1. The lowest BCUT2D eigenvalue weighted by molar-refractivity contribution is 0.151. The molecule has 4 N–H and O–H groups in total. The molecular weight excluding hydrogens is 396 g/mol. The summed E-state index contributed by atoms with van der Waals surface area (Å²) in [6, 6.07) is 9.33. The Bertz CT molecular complexity index is 611. The van der Waals surface area contributed by atoms with Gasteiger partial charge in [0.15, 0.2) is 0 Å². The molecule has 5 nitrogen and oxygen atoms in total. The first-order valence-electron chi connectivity index (χ1n) is 13.2. The summed E-state index contributed by atoms with van der Waals surface area (Å²) in [5.41, 5.74) is 8.07. The van der Waals surface area contributed by atoms with Crippen LogP contribution in [0.25, 0.3) is 0 Å². The summed E-state index contributed by atoms with van der Waals surface area (Å²) in [7, 11) is 0. The zero-order valence-electron chi connectivity index (χ0n) is 20.5. The Hall–Kier alpha value is -1.59. The van der Waals surface area contributed by atoms with Crippen molar-refractivity contribution in [2.45, 2.75) is 103 Å². The quantitative estimate of drug-likeness (QED) is 0.0976. The molecule has 0 aliphatic carbocycles. The van der Waals surface area contributed by atoms with Gasteiger partial charge in [0.1, 0.15) is 5.84 Å². The number of aryl methyl sites for hydroxylation is 1. The molecule has 1 atom stereocenters. The van der Waals surface area contributed by atoms with Gasteiger partial charge in [0.2, 0.25) is 0 Å². The van der Waals surface area contributed by atoms with E-state index in [1.807, 2.05) is 0 Å². The first-order chi connectivity index (χ1) is 15.7. The molecule has 1 aliphatic rings. The van der Waals surface area contributed by atoms with Crippen LogP contribution in [0.3, 0.4) is 0 Å². The largest absolute Gasteiger partial charge is 0.409 e. The van der Waals surface area contributed by atoms with Crippen LogP contribution in [-0.2, 0) is 12.8 Å². The highest BCUT2D eigenvalue weighted by Crippen LogP contribution is 2.19. The molecule has 182 valence electrons. The predicted octanol–water partition coefficient (Wildman–Crippen LogP) is 5.49. The molecule has 1 heterocycles. The van der Waals surface area contributed by atoms with Crippen molar-refractivity contribution in [2.24, 2.45) is 10.9 Å². The topological polar surface area (TPSA) is 73.9 Å². The Balaban J connectivity index is 1.67. The molecule has 1 aliphatic heterocycles. The number of oxime groups is 1. The summed E-state index contributed by atoms with van der Waals surface area (Å²) in [4.78, 5) is 2.75. The van der Waals surface area contributed by atoms with E-state index in [1.165, 1.54) is 95.7 Å². The molecule has 0 radical (unpaired) electrons. The zero-order valence-corrected chi connectivity index (χ0v) is 20.5. The van der Waals surface area contributed by atoms with E-state index < -0.39 is 0 Å². The lowest BCUT2D eigenvalue weighted by Crippen LogP contribution is -2.48. The fourth-order valence-corrected chi connectivity index (χ4v) is 4.85. The van der Waals surface area contributed by atoms with E-state index in [0.29, 0.717) is 6.42 Å². The van der Waals surface area contributed by atoms with Gasteiger partial charge in [-0.3, -0.25) is 4.90 Å². The van der Waals surface area contributed by atoms with Crippen molar-refractivity contribution >= 4 is 5.84 Å². The lowest BCUT2D eigenvalue weighted by atomic mass is 9.97. The summed E-state index contributed by atoms with van der Waals surface area (Å²) < 4.78 is 0. The van der Waals surface area contributed by atoms with Gasteiger partial charge in [0, 0.05) is 38.6 Å². The van der Waals surface area contributed by atoms with Gasteiger partial charge in [0.25, 0.3) is 0 Å². The van der Waals surface area contributed by atoms with E-state index in [9.17, 15) is 0 Å². The van der Waals surface area contributed by atoms with E-state index in [2.05, 4.69) is 46.6 Å². The van der Waals surface area contributed by atoms with E-state index in [4.69, 9.17) is 10.9 Å². The maximum Gasteiger partial charge on any atom is 0.143 e. The number of rotatable bonds is 17. The summed E-state index contributed by atoms with van der Waals surface area (Å²) in [5, 5.41) is 15.3. The van der Waals surface area contributed by atoms with Gasteiger partial charge >= 0.3 is 0 Å². The molecule has 1 saturated heterocycles. The van der Waals surface area contributed by atoms with Crippen molar-refractivity contribution in [3.63, 3.8) is 0 Å². The van der Waals surface area contributed by atoms with Crippen molar-refractivity contribution in [1.82, 2.24) is 10.2 Å². The Labute approximate surface area is 196 Å². The Morgan fingerprint density at radius 3 is 2.09 bits per heavy atom. The Kier molecular flexibility index (Phi) is 14.1. The number of unbranched alkanes of at least 4 members (excludes halogenated alkanes) is 8. The summed E-state index contributed by atoms with van der Waals surface area (Å²) in [6.07, 6.45) is 18.1. The molecule has 32 heavy (non-hydrogen) atoms. The standard InChI is InChI=1S/C27H48N4O/c1-2-3-4-5-6-7-8-9-13-26(31-21-19-29-20-22-31)14-11-10-12-24-15-17-25(18-16-24)23-27(28)30-32/h15-18,26,29,32H,2-14,19-23H2,1H3,(H2,28,30). The van der Waals surface area contributed by atoms with E-state index in [0.717, 1.165) is 31.1 Å². The number of nitrogens with one attached hydrogen (secondary N) is 1. The van der Waals surface area contributed by atoms with Gasteiger partial charge < -0.3 is 16.3 Å². The molecule has 1 aromatic carbocycles. The minimum atomic E-state index is 0.258. The maximum atomic E-state index is 8.71. The van der Waals surface area contributed by atoms with Gasteiger partial charge in [-0.05, 0) is 36.8 Å². The molecule has 0 saturated carbocycles. The Morgan fingerprint density at radius 2 is 1.47 bits per heavy atom. The van der Waals surface area contributed by atoms with Gasteiger partial charge in [-0.15, -0.1) is 0 Å². The third-order valence-corrected chi connectivity index (χ3v) is 6.85. The molecule has 2 rings (SSSR count). The normalized spacial score (nSPS) is 16.3. The van der Waals surface area contributed by atoms with Crippen LogP contribution in [0.1, 0.15) is 95.1 Å². The Morgan fingerprint density at radius 1 is 0.906 bits per heavy atom. The highest BCUT2D eigenvalue weighted by Gasteiger charge is 2.19. The molecule has 1 aromatic rings. The van der Waals surface area contributed by atoms with E-state index >= 15 is 0 Å². The summed E-state index contributed by atoms with van der Waals surface area (Å²) in [5.74, 6) is 0.258. The summed E-state index contributed by atoms with van der Waals surface area (Å²) >= 11 is 0. The summed E-state index contributed by atoms with van der Waals surface area (Å²) in [6.45, 7) is 7.00. The number of nitrogens with two attached hydrogens (primary N) is 1. The van der Waals surface area contributed by atoms with Crippen LogP contribution in [0.4, 0.5) is 0 Å². The molecule has 1 unspecified atom stereocenters. The molecule has 1 fully saturated rings. The van der Waals surface area contributed by atoms with Crippen molar-refractivity contribution in [2.75, 3.05) is 26.2 Å². The van der Waals surface area contributed by atoms with Crippen LogP contribution in [0.5, 0.6) is 0 Å². The first kappa shape index (κ1) is 26.7. The average molecular weight is 445 g/mol. The van der Waals surface area contributed by atoms with Gasteiger partial charge in [-0.1, -0.05) is 94.1 Å². The highest BCUT2D eigenvalue weighted by molar-refractivity contribution is 5.81. The second kappa shape index (κ2) is 17.0. The lowest BCUT2D eigenvalue weighted by Gasteiger charge is -2.35. The zero-order chi connectivity index (χ0) is 22.9. The number of nitrogens with zero attached hydrogens (tertiary/aromatic N) is 2. The SMILES string of the molecule is CCCCCCCCCCC(CCCCc1ccc(CC(N)=NO)cc1)N1CCNCC1. The van der Waals surface area contributed by atoms with Gasteiger partial charge in [-0.25, -0.2) is 0 Å². The predicted molar refractivity (Wildman–Crippen MR) is 137 cm³/mol. The van der Waals surface area contributed by atoms with Crippen LogP contribution in [-0.4, -0.2) is 48.2 Å². The number of amidine groups is 1. The van der Waals surface area contributed by atoms with Crippen LogP contribution in [0, 0.1) is 0 Å². The van der Waals surface area contributed by atoms with Crippen molar-refractivity contribution < 1.29 is 5.21 Å². The average Bonchev–Trinajstić information content (AvgIpc) is 2.83. The minimum Gasteiger partial charge on any atom is -0.409 e. The molecule has 5 heteroatoms. The van der Waals surface area contributed by atoms with Crippen LogP contribution >= 0.6 is 0 Å². The second-order valence-electron chi connectivity index (χ2n) is 9.53.